The van der Waals surface area contributed by atoms with Gasteiger partial charge in [0.1, 0.15) is 0 Å². The molecule has 0 radical (unpaired) electrons. The molecule has 1 N–H and O–H groups in total. The molecule has 1 atom stereocenters. The minimum Gasteiger partial charge on any atom is -0.377 e. The molecule has 0 aromatic carbocycles. The summed E-state index contributed by atoms with van der Waals surface area (Å²) < 4.78 is 1.10. The fourth-order valence-electron chi connectivity index (χ4n) is 2.80. The molecule has 0 spiro atoms. The quantitative estimate of drug-likeness (QED) is 0.681. The Morgan fingerprint density at radius 3 is 3.00 bits per heavy atom. The molecular weight excluding hydrogens is 326 g/mol. The van der Waals surface area contributed by atoms with E-state index in [1.807, 2.05) is 12.2 Å². The number of carbonyl (C=O) groups excluding carboxylic acids is 1. The van der Waals surface area contributed by atoms with Gasteiger partial charge in [-0.25, -0.2) is 0 Å². The van der Waals surface area contributed by atoms with Crippen LogP contribution in [0.2, 0.25) is 0 Å². The Bertz CT molecular complexity index is 556. The topological polar surface area (TPSA) is 29.1 Å². The summed E-state index contributed by atoms with van der Waals surface area (Å²) in [6.07, 6.45) is 9.67. The summed E-state index contributed by atoms with van der Waals surface area (Å²) >= 11 is 9.66. The van der Waals surface area contributed by atoms with Crippen LogP contribution in [0, 0.1) is 0 Å². The Hall–Kier alpha value is -0.800. The monoisotopic (exact) mass is 339 g/mol. The maximum atomic E-state index is 12.7. The van der Waals surface area contributed by atoms with E-state index in [0.717, 1.165) is 47.0 Å². The van der Waals surface area contributed by atoms with Crippen LogP contribution in [-0.2, 0) is 4.79 Å². The van der Waals surface area contributed by atoms with E-state index >= 15 is 0 Å². The molecular formula is C15H15BrClNO. The first-order valence-corrected chi connectivity index (χ1v) is 7.80. The highest BCUT2D eigenvalue weighted by Gasteiger charge is 2.27. The second-order valence-corrected chi connectivity index (χ2v) is 6.68. The van der Waals surface area contributed by atoms with E-state index in [2.05, 4.69) is 27.3 Å². The fraction of sp³-hybridized carbons (Fsp3) is 0.400. The van der Waals surface area contributed by atoms with Crippen molar-refractivity contribution in [1.82, 2.24) is 5.32 Å². The van der Waals surface area contributed by atoms with Crippen molar-refractivity contribution in [3.63, 3.8) is 0 Å². The number of Topliss-reactive ketones (excluding diaryl/α,β-unsaturated/α-hetero) is 1. The molecule has 2 nitrogen and oxygen atoms in total. The number of allylic oxidation sites excluding steroid dienone is 6. The van der Waals surface area contributed by atoms with Crippen LogP contribution in [0.1, 0.15) is 25.7 Å². The predicted molar refractivity (Wildman–Crippen MR) is 81.3 cm³/mol. The second kappa shape index (κ2) is 5.29. The summed E-state index contributed by atoms with van der Waals surface area (Å²) in [6.45, 7) is 0.690. The van der Waals surface area contributed by atoms with Gasteiger partial charge in [0, 0.05) is 16.6 Å². The van der Waals surface area contributed by atoms with Crippen LogP contribution >= 0.6 is 27.5 Å². The van der Waals surface area contributed by atoms with Gasteiger partial charge in [-0.15, -0.1) is 11.6 Å². The van der Waals surface area contributed by atoms with Crippen molar-refractivity contribution in [3.8, 4) is 0 Å². The zero-order valence-corrected chi connectivity index (χ0v) is 12.9. The van der Waals surface area contributed by atoms with Crippen molar-refractivity contribution >= 4 is 33.3 Å². The van der Waals surface area contributed by atoms with Gasteiger partial charge in [-0.05, 0) is 37.3 Å². The Morgan fingerprint density at radius 2 is 2.16 bits per heavy atom. The lowest BCUT2D eigenvalue weighted by Crippen LogP contribution is -2.26. The van der Waals surface area contributed by atoms with Gasteiger partial charge < -0.3 is 5.32 Å². The van der Waals surface area contributed by atoms with E-state index in [-0.39, 0.29) is 11.2 Å². The molecule has 100 valence electrons. The Balaban J connectivity index is 2.00. The molecule has 0 saturated carbocycles. The lowest BCUT2D eigenvalue weighted by molar-refractivity contribution is -0.112. The highest BCUT2D eigenvalue weighted by atomic mass is 79.9. The Kier molecular flexibility index (Phi) is 3.68. The molecule has 1 heterocycles. The van der Waals surface area contributed by atoms with E-state index in [9.17, 15) is 4.79 Å². The minimum atomic E-state index is 0.0431. The van der Waals surface area contributed by atoms with Gasteiger partial charge in [-0.1, -0.05) is 33.7 Å². The van der Waals surface area contributed by atoms with Crippen LogP contribution in [0.5, 0.6) is 0 Å². The van der Waals surface area contributed by atoms with Gasteiger partial charge in [0.05, 0.1) is 11.1 Å². The Morgan fingerprint density at radius 1 is 1.32 bits per heavy atom. The largest absolute Gasteiger partial charge is 0.377 e. The molecule has 1 aliphatic heterocycles. The standard InChI is InChI=1S/C15H15BrClNO/c16-11-7-10-2-1-9-3-4-12(17)5-6-13(9)15(19)14(10)18-8-11/h5-7,12,18H,1-4,8H2. The fourth-order valence-corrected chi connectivity index (χ4v) is 3.40. The summed E-state index contributed by atoms with van der Waals surface area (Å²) in [4.78, 5) is 12.7. The van der Waals surface area contributed by atoms with Crippen LogP contribution in [0.25, 0.3) is 0 Å². The third-order valence-electron chi connectivity index (χ3n) is 3.83. The normalized spacial score (nSPS) is 27.2. The molecule has 0 fully saturated rings. The van der Waals surface area contributed by atoms with E-state index in [1.165, 1.54) is 5.57 Å². The van der Waals surface area contributed by atoms with Crippen LogP contribution in [0.4, 0.5) is 0 Å². The lowest BCUT2D eigenvalue weighted by Gasteiger charge is -2.17. The number of nitrogens with one attached hydrogen (secondary N) is 1. The van der Waals surface area contributed by atoms with Gasteiger partial charge in [0.15, 0.2) is 0 Å². The van der Waals surface area contributed by atoms with E-state index in [1.54, 1.807) is 0 Å². The van der Waals surface area contributed by atoms with Crippen molar-refractivity contribution in [3.05, 3.63) is 45.1 Å². The van der Waals surface area contributed by atoms with Crippen LogP contribution in [0.15, 0.2) is 45.1 Å². The van der Waals surface area contributed by atoms with Crippen molar-refractivity contribution in [1.29, 1.82) is 0 Å². The predicted octanol–water partition coefficient (Wildman–Crippen LogP) is 3.74. The van der Waals surface area contributed by atoms with Crippen molar-refractivity contribution < 1.29 is 4.79 Å². The SMILES string of the molecule is O=C1C2=C(CCC3=C1NCC(Br)=C3)CCC(Cl)C=C2. The zero-order valence-electron chi connectivity index (χ0n) is 10.5. The maximum absolute atomic E-state index is 12.7. The van der Waals surface area contributed by atoms with Crippen molar-refractivity contribution in [2.75, 3.05) is 6.54 Å². The Labute approximate surface area is 126 Å². The molecule has 0 saturated heterocycles. The molecule has 1 unspecified atom stereocenters. The highest BCUT2D eigenvalue weighted by Crippen LogP contribution is 2.34. The molecule has 0 aromatic rings. The molecule has 0 bridgehead atoms. The van der Waals surface area contributed by atoms with Gasteiger partial charge in [-0.2, -0.15) is 0 Å². The van der Waals surface area contributed by atoms with Gasteiger partial charge in [0.2, 0.25) is 5.78 Å². The number of alkyl halides is 1. The van der Waals surface area contributed by atoms with Crippen LogP contribution in [-0.4, -0.2) is 17.7 Å². The first-order chi connectivity index (χ1) is 9.15. The van der Waals surface area contributed by atoms with Crippen LogP contribution < -0.4 is 5.32 Å². The van der Waals surface area contributed by atoms with Crippen molar-refractivity contribution in [2.24, 2.45) is 0 Å². The van der Waals surface area contributed by atoms with Crippen LogP contribution in [0.3, 0.4) is 0 Å². The molecule has 2 aliphatic carbocycles. The number of halogens is 2. The number of dihydropyridines is 1. The number of carbonyl (C=O) groups is 1. The van der Waals surface area contributed by atoms with Crippen molar-refractivity contribution in [2.45, 2.75) is 31.1 Å². The molecule has 3 aliphatic rings. The summed E-state index contributed by atoms with van der Waals surface area (Å²) in [7, 11) is 0. The van der Waals surface area contributed by atoms with Gasteiger partial charge >= 0.3 is 0 Å². The molecule has 0 aromatic heterocycles. The molecule has 3 rings (SSSR count). The third-order valence-corrected chi connectivity index (χ3v) is 4.70. The van der Waals surface area contributed by atoms with E-state index < -0.39 is 0 Å². The molecule has 4 heteroatoms. The van der Waals surface area contributed by atoms with Gasteiger partial charge in [-0.3, -0.25) is 4.79 Å². The van der Waals surface area contributed by atoms with E-state index in [0.29, 0.717) is 6.54 Å². The first-order valence-electron chi connectivity index (χ1n) is 6.57. The smallest absolute Gasteiger partial charge is 0.209 e. The summed E-state index contributed by atoms with van der Waals surface area (Å²) in [5, 5.41) is 3.28. The highest BCUT2D eigenvalue weighted by molar-refractivity contribution is 9.11. The maximum Gasteiger partial charge on any atom is 0.209 e. The van der Waals surface area contributed by atoms with Gasteiger partial charge in [0.25, 0.3) is 0 Å². The average Bonchev–Trinajstić information content (AvgIpc) is 2.64. The summed E-state index contributed by atoms with van der Waals surface area (Å²) in [5.74, 6) is 0.126. The summed E-state index contributed by atoms with van der Waals surface area (Å²) in [6, 6.07) is 0. The zero-order chi connectivity index (χ0) is 13.4. The third kappa shape index (κ3) is 2.59. The number of rotatable bonds is 0. The van der Waals surface area contributed by atoms with E-state index in [4.69, 9.17) is 11.6 Å². The molecule has 19 heavy (non-hydrogen) atoms. The number of ketones is 1. The second-order valence-electron chi connectivity index (χ2n) is 5.11. The molecule has 0 amide bonds. The average molecular weight is 341 g/mol. The lowest BCUT2D eigenvalue weighted by atomic mass is 9.99. The first kappa shape index (κ1) is 13.2. The number of hydrogen-bond acceptors (Lipinski definition) is 2. The summed E-state index contributed by atoms with van der Waals surface area (Å²) in [5.41, 5.74) is 4.00. The minimum absolute atomic E-state index is 0.0431. The number of hydrogen-bond donors (Lipinski definition) is 1.